The molecular formula is C19H24N2O2. The van der Waals surface area contributed by atoms with Crippen molar-refractivity contribution in [3.63, 3.8) is 0 Å². The van der Waals surface area contributed by atoms with Gasteiger partial charge in [0.1, 0.15) is 12.4 Å². The second kappa shape index (κ2) is 9.51. The molecule has 2 amide bonds. The summed E-state index contributed by atoms with van der Waals surface area (Å²) in [5, 5.41) is 5.66. The number of carbonyl (C=O) groups is 1. The standard InChI is InChI=1S/C19H24N2O2/c1-2-3-7-14-20-19(22)21-17-10-12-18(13-11-17)23-15-16-8-5-4-6-9-16/h4-6,8-13H,2-3,7,14-15H2,1H3,(H2,20,21,22). The predicted octanol–water partition coefficient (Wildman–Crippen LogP) is 4.58. The molecule has 2 aromatic rings. The highest BCUT2D eigenvalue weighted by molar-refractivity contribution is 5.89. The van der Waals surface area contributed by atoms with Gasteiger partial charge in [-0.15, -0.1) is 0 Å². The summed E-state index contributed by atoms with van der Waals surface area (Å²) in [6.07, 6.45) is 3.29. The first-order valence-corrected chi connectivity index (χ1v) is 8.09. The molecule has 0 aliphatic rings. The highest BCUT2D eigenvalue weighted by Crippen LogP contribution is 2.17. The molecule has 0 aromatic heterocycles. The maximum absolute atomic E-state index is 11.7. The molecule has 122 valence electrons. The van der Waals surface area contributed by atoms with Gasteiger partial charge in [-0.1, -0.05) is 50.1 Å². The SMILES string of the molecule is CCCCCNC(=O)Nc1ccc(OCc2ccccc2)cc1. The Morgan fingerprint density at radius 1 is 1.00 bits per heavy atom. The van der Waals surface area contributed by atoms with Gasteiger partial charge in [-0.2, -0.15) is 0 Å². The van der Waals surface area contributed by atoms with E-state index in [1.54, 1.807) is 0 Å². The third-order valence-corrected chi connectivity index (χ3v) is 3.43. The number of ether oxygens (including phenoxy) is 1. The molecule has 2 N–H and O–H groups in total. The van der Waals surface area contributed by atoms with Gasteiger partial charge < -0.3 is 15.4 Å². The first-order valence-electron chi connectivity index (χ1n) is 8.09. The number of urea groups is 1. The Morgan fingerprint density at radius 2 is 1.74 bits per heavy atom. The number of anilines is 1. The monoisotopic (exact) mass is 312 g/mol. The van der Waals surface area contributed by atoms with Crippen LogP contribution in [0.15, 0.2) is 54.6 Å². The highest BCUT2D eigenvalue weighted by Gasteiger charge is 2.01. The van der Waals surface area contributed by atoms with Crippen LogP contribution in [0.2, 0.25) is 0 Å². The van der Waals surface area contributed by atoms with Gasteiger partial charge in [0.2, 0.25) is 0 Å². The van der Waals surface area contributed by atoms with E-state index in [1.165, 1.54) is 0 Å². The summed E-state index contributed by atoms with van der Waals surface area (Å²) in [5.74, 6) is 0.780. The fourth-order valence-electron chi connectivity index (χ4n) is 2.13. The van der Waals surface area contributed by atoms with Crippen molar-refractivity contribution in [1.29, 1.82) is 0 Å². The molecule has 0 unspecified atom stereocenters. The zero-order valence-corrected chi connectivity index (χ0v) is 13.5. The molecule has 0 radical (unpaired) electrons. The van der Waals surface area contributed by atoms with Crippen LogP contribution in [0.25, 0.3) is 0 Å². The van der Waals surface area contributed by atoms with Crippen LogP contribution in [0.5, 0.6) is 5.75 Å². The van der Waals surface area contributed by atoms with Gasteiger partial charge in [0.05, 0.1) is 0 Å². The molecule has 4 nitrogen and oxygen atoms in total. The zero-order chi connectivity index (χ0) is 16.3. The van der Waals surface area contributed by atoms with Crippen LogP contribution in [-0.2, 0) is 6.61 Å². The van der Waals surface area contributed by atoms with Crippen LogP contribution in [0, 0.1) is 0 Å². The van der Waals surface area contributed by atoms with E-state index in [1.807, 2.05) is 54.6 Å². The summed E-state index contributed by atoms with van der Waals surface area (Å²) in [6, 6.07) is 17.2. The molecule has 0 saturated heterocycles. The van der Waals surface area contributed by atoms with E-state index < -0.39 is 0 Å². The van der Waals surface area contributed by atoms with Crippen LogP contribution < -0.4 is 15.4 Å². The summed E-state index contributed by atoms with van der Waals surface area (Å²) in [4.78, 5) is 11.7. The smallest absolute Gasteiger partial charge is 0.319 e. The maximum Gasteiger partial charge on any atom is 0.319 e. The average Bonchev–Trinajstić information content (AvgIpc) is 2.59. The van der Waals surface area contributed by atoms with E-state index in [4.69, 9.17) is 4.74 Å². The fraction of sp³-hybridized carbons (Fsp3) is 0.316. The van der Waals surface area contributed by atoms with Gasteiger partial charge in [-0.25, -0.2) is 4.79 Å². The first kappa shape index (κ1) is 16.9. The number of hydrogen-bond donors (Lipinski definition) is 2. The molecule has 2 rings (SSSR count). The van der Waals surface area contributed by atoms with Gasteiger partial charge in [-0.05, 0) is 36.2 Å². The van der Waals surface area contributed by atoms with Gasteiger partial charge >= 0.3 is 6.03 Å². The lowest BCUT2D eigenvalue weighted by atomic mass is 10.2. The van der Waals surface area contributed by atoms with E-state index in [-0.39, 0.29) is 6.03 Å². The highest BCUT2D eigenvalue weighted by atomic mass is 16.5. The summed E-state index contributed by atoms with van der Waals surface area (Å²) < 4.78 is 5.72. The maximum atomic E-state index is 11.7. The van der Waals surface area contributed by atoms with E-state index in [0.29, 0.717) is 13.2 Å². The lowest BCUT2D eigenvalue weighted by molar-refractivity contribution is 0.252. The second-order valence-corrected chi connectivity index (χ2v) is 5.39. The molecule has 23 heavy (non-hydrogen) atoms. The molecule has 0 bridgehead atoms. The first-order chi connectivity index (χ1) is 11.3. The minimum atomic E-state index is -0.168. The largest absolute Gasteiger partial charge is 0.489 e. The summed E-state index contributed by atoms with van der Waals surface area (Å²) in [7, 11) is 0. The van der Waals surface area contributed by atoms with E-state index >= 15 is 0 Å². The van der Waals surface area contributed by atoms with E-state index in [2.05, 4.69) is 17.6 Å². The summed E-state index contributed by atoms with van der Waals surface area (Å²) in [5.41, 5.74) is 1.88. The van der Waals surface area contributed by atoms with Crippen LogP contribution in [0.4, 0.5) is 10.5 Å². The van der Waals surface area contributed by atoms with Crippen molar-refractivity contribution in [3.8, 4) is 5.75 Å². The molecule has 0 saturated carbocycles. The molecule has 0 aliphatic carbocycles. The molecule has 0 spiro atoms. The number of unbranched alkanes of at least 4 members (excludes halogenated alkanes) is 2. The van der Waals surface area contributed by atoms with Gasteiger partial charge in [0, 0.05) is 12.2 Å². The van der Waals surface area contributed by atoms with Crippen molar-refractivity contribution < 1.29 is 9.53 Å². The predicted molar refractivity (Wildman–Crippen MR) is 93.8 cm³/mol. The van der Waals surface area contributed by atoms with Crippen LogP contribution in [-0.4, -0.2) is 12.6 Å². The lowest BCUT2D eigenvalue weighted by Gasteiger charge is -2.09. The Hall–Kier alpha value is -2.49. The third-order valence-electron chi connectivity index (χ3n) is 3.43. The minimum Gasteiger partial charge on any atom is -0.489 e. The van der Waals surface area contributed by atoms with E-state index in [0.717, 1.165) is 36.3 Å². The van der Waals surface area contributed by atoms with Crippen LogP contribution >= 0.6 is 0 Å². The minimum absolute atomic E-state index is 0.168. The quantitative estimate of drug-likeness (QED) is 0.701. The van der Waals surface area contributed by atoms with Crippen molar-refractivity contribution in [2.75, 3.05) is 11.9 Å². The topological polar surface area (TPSA) is 50.4 Å². The van der Waals surface area contributed by atoms with Gasteiger partial charge in [0.25, 0.3) is 0 Å². The van der Waals surface area contributed by atoms with Gasteiger partial charge in [0.15, 0.2) is 0 Å². The number of hydrogen-bond acceptors (Lipinski definition) is 2. The molecule has 2 aromatic carbocycles. The molecule has 0 fully saturated rings. The number of nitrogens with one attached hydrogen (secondary N) is 2. The number of carbonyl (C=O) groups excluding carboxylic acids is 1. The third kappa shape index (κ3) is 6.43. The number of benzene rings is 2. The van der Waals surface area contributed by atoms with Gasteiger partial charge in [-0.3, -0.25) is 0 Å². The Morgan fingerprint density at radius 3 is 2.43 bits per heavy atom. The van der Waals surface area contributed by atoms with Crippen LogP contribution in [0.1, 0.15) is 31.7 Å². The Balaban J connectivity index is 1.74. The fourth-order valence-corrected chi connectivity index (χ4v) is 2.13. The second-order valence-electron chi connectivity index (χ2n) is 5.39. The van der Waals surface area contributed by atoms with Crippen molar-refractivity contribution in [1.82, 2.24) is 5.32 Å². The van der Waals surface area contributed by atoms with Crippen molar-refractivity contribution in [3.05, 3.63) is 60.2 Å². The normalized spacial score (nSPS) is 10.1. The van der Waals surface area contributed by atoms with Crippen LogP contribution in [0.3, 0.4) is 0 Å². The Kier molecular flexibility index (Phi) is 6.98. The number of rotatable bonds is 8. The molecule has 0 aliphatic heterocycles. The molecule has 4 heteroatoms. The Labute approximate surface area is 137 Å². The molecular weight excluding hydrogens is 288 g/mol. The number of amides is 2. The molecule has 0 heterocycles. The van der Waals surface area contributed by atoms with Crippen molar-refractivity contribution >= 4 is 11.7 Å². The lowest BCUT2D eigenvalue weighted by Crippen LogP contribution is -2.29. The van der Waals surface area contributed by atoms with Crippen molar-refractivity contribution in [2.24, 2.45) is 0 Å². The average molecular weight is 312 g/mol. The zero-order valence-electron chi connectivity index (χ0n) is 13.5. The van der Waals surface area contributed by atoms with Crippen molar-refractivity contribution in [2.45, 2.75) is 32.8 Å². The summed E-state index contributed by atoms with van der Waals surface area (Å²) >= 11 is 0. The summed E-state index contributed by atoms with van der Waals surface area (Å²) in [6.45, 7) is 3.38. The van der Waals surface area contributed by atoms with E-state index in [9.17, 15) is 4.79 Å². The Bertz CT molecular complexity index is 582. The molecule has 0 atom stereocenters.